The standard InChI is InChI=1S/C20H24N4O5S2/c1-23(2)31(28,29)16-8-3-6-14(12-16)18(25)21-22-19(26)15-7-4-10-24(13-15)20(27)17-9-5-11-30-17/h3,5-6,8-9,11-12,15H,4,7,10,13H2,1-2H3,(H,21,25)(H,22,26). The van der Waals surface area contributed by atoms with Crippen LogP contribution in [0.5, 0.6) is 0 Å². The Morgan fingerprint density at radius 1 is 1.13 bits per heavy atom. The van der Waals surface area contributed by atoms with Crippen molar-refractivity contribution in [2.45, 2.75) is 17.7 Å². The highest BCUT2D eigenvalue weighted by Crippen LogP contribution is 2.20. The van der Waals surface area contributed by atoms with Crippen LogP contribution < -0.4 is 10.9 Å². The first-order valence-corrected chi connectivity index (χ1v) is 12.0. The minimum absolute atomic E-state index is 0.0218. The van der Waals surface area contributed by atoms with Crippen molar-refractivity contribution in [1.82, 2.24) is 20.1 Å². The minimum atomic E-state index is -3.68. The van der Waals surface area contributed by atoms with E-state index in [0.717, 1.165) is 4.31 Å². The lowest BCUT2D eigenvalue weighted by Crippen LogP contribution is -2.50. The smallest absolute Gasteiger partial charge is 0.269 e. The predicted molar refractivity (Wildman–Crippen MR) is 116 cm³/mol. The normalized spacial score (nSPS) is 16.7. The van der Waals surface area contributed by atoms with Gasteiger partial charge in [0.25, 0.3) is 11.8 Å². The summed E-state index contributed by atoms with van der Waals surface area (Å²) >= 11 is 1.36. The van der Waals surface area contributed by atoms with Crippen molar-refractivity contribution < 1.29 is 22.8 Å². The van der Waals surface area contributed by atoms with E-state index in [2.05, 4.69) is 10.9 Å². The van der Waals surface area contributed by atoms with E-state index in [1.54, 1.807) is 17.0 Å². The number of nitrogens with zero attached hydrogens (tertiary/aromatic N) is 2. The Hall–Kier alpha value is -2.76. The van der Waals surface area contributed by atoms with Gasteiger partial charge in [-0.1, -0.05) is 12.1 Å². The van der Waals surface area contributed by atoms with Gasteiger partial charge >= 0.3 is 0 Å². The van der Waals surface area contributed by atoms with E-state index in [9.17, 15) is 22.8 Å². The SMILES string of the molecule is CN(C)S(=O)(=O)c1cccc(C(=O)NNC(=O)C2CCCN(C(=O)c3cccs3)C2)c1. The lowest BCUT2D eigenvalue weighted by atomic mass is 9.97. The maximum absolute atomic E-state index is 12.5. The van der Waals surface area contributed by atoms with E-state index in [0.29, 0.717) is 24.3 Å². The fourth-order valence-corrected chi connectivity index (χ4v) is 4.87. The second-order valence-electron chi connectivity index (χ2n) is 7.33. The molecule has 1 fully saturated rings. The number of thiophene rings is 1. The number of amides is 3. The molecule has 1 saturated heterocycles. The lowest BCUT2D eigenvalue weighted by Gasteiger charge is -2.31. The fourth-order valence-electron chi connectivity index (χ4n) is 3.23. The summed E-state index contributed by atoms with van der Waals surface area (Å²) in [6, 6.07) is 9.12. The van der Waals surface area contributed by atoms with Crippen LogP contribution in [0.2, 0.25) is 0 Å². The third-order valence-electron chi connectivity index (χ3n) is 4.99. The summed E-state index contributed by atoms with van der Waals surface area (Å²) in [6.07, 6.45) is 1.29. The molecule has 31 heavy (non-hydrogen) atoms. The van der Waals surface area contributed by atoms with Gasteiger partial charge in [0.1, 0.15) is 0 Å². The van der Waals surface area contributed by atoms with E-state index >= 15 is 0 Å². The van der Waals surface area contributed by atoms with E-state index in [4.69, 9.17) is 0 Å². The summed E-state index contributed by atoms with van der Waals surface area (Å²) in [5.74, 6) is -1.57. The lowest BCUT2D eigenvalue weighted by molar-refractivity contribution is -0.127. The first kappa shape index (κ1) is 22.9. The Morgan fingerprint density at radius 2 is 1.90 bits per heavy atom. The molecule has 1 aliphatic rings. The zero-order valence-corrected chi connectivity index (χ0v) is 18.8. The summed E-state index contributed by atoms with van der Waals surface area (Å²) in [4.78, 5) is 39.7. The van der Waals surface area contributed by atoms with Crippen LogP contribution in [0.15, 0.2) is 46.7 Å². The summed E-state index contributed by atoms with van der Waals surface area (Å²) in [7, 11) is -0.881. The molecule has 1 aromatic heterocycles. The molecule has 1 aromatic carbocycles. The maximum Gasteiger partial charge on any atom is 0.269 e. The minimum Gasteiger partial charge on any atom is -0.337 e. The summed E-state index contributed by atoms with van der Waals surface area (Å²) in [6.45, 7) is 0.856. The molecule has 0 aliphatic carbocycles. The van der Waals surface area contributed by atoms with Crippen LogP contribution in [0.1, 0.15) is 32.9 Å². The predicted octanol–water partition coefficient (Wildman–Crippen LogP) is 1.31. The highest BCUT2D eigenvalue weighted by atomic mass is 32.2. The van der Waals surface area contributed by atoms with Gasteiger partial charge < -0.3 is 4.90 Å². The number of carbonyl (C=O) groups excluding carboxylic acids is 3. The number of hydrogen-bond donors (Lipinski definition) is 2. The van der Waals surface area contributed by atoms with Crippen LogP contribution in [0, 0.1) is 5.92 Å². The van der Waals surface area contributed by atoms with Crippen molar-refractivity contribution in [2.75, 3.05) is 27.2 Å². The van der Waals surface area contributed by atoms with Gasteiger partial charge in [-0.2, -0.15) is 0 Å². The Bertz CT molecular complexity index is 1070. The van der Waals surface area contributed by atoms with Gasteiger partial charge in [-0.3, -0.25) is 25.2 Å². The van der Waals surface area contributed by atoms with Crippen molar-refractivity contribution >= 4 is 39.1 Å². The largest absolute Gasteiger partial charge is 0.337 e. The van der Waals surface area contributed by atoms with Crippen molar-refractivity contribution in [3.05, 3.63) is 52.2 Å². The summed E-state index contributed by atoms with van der Waals surface area (Å²) in [5.41, 5.74) is 4.82. The first-order chi connectivity index (χ1) is 14.7. The van der Waals surface area contributed by atoms with Crippen LogP contribution in [-0.4, -0.2) is 62.5 Å². The molecule has 166 valence electrons. The van der Waals surface area contributed by atoms with Crippen LogP contribution in [0.3, 0.4) is 0 Å². The Kier molecular flexibility index (Phi) is 7.08. The monoisotopic (exact) mass is 464 g/mol. The molecule has 1 unspecified atom stereocenters. The fraction of sp³-hybridized carbons (Fsp3) is 0.350. The van der Waals surface area contributed by atoms with Gasteiger partial charge in [0.05, 0.1) is 15.7 Å². The van der Waals surface area contributed by atoms with Crippen LogP contribution in [-0.2, 0) is 14.8 Å². The van der Waals surface area contributed by atoms with Crippen molar-refractivity contribution in [3.8, 4) is 0 Å². The van der Waals surface area contributed by atoms with Crippen molar-refractivity contribution in [1.29, 1.82) is 0 Å². The number of sulfonamides is 1. The molecule has 11 heteroatoms. The molecule has 9 nitrogen and oxygen atoms in total. The molecule has 2 N–H and O–H groups in total. The molecule has 0 saturated carbocycles. The number of rotatable bonds is 5. The van der Waals surface area contributed by atoms with E-state index in [1.807, 2.05) is 5.38 Å². The third kappa shape index (κ3) is 5.30. The van der Waals surface area contributed by atoms with E-state index in [1.165, 1.54) is 49.7 Å². The Labute approximate surface area is 185 Å². The zero-order chi connectivity index (χ0) is 22.6. The summed E-state index contributed by atoms with van der Waals surface area (Å²) in [5, 5.41) is 1.83. The number of hydrazine groups is 1. The van der Waals surface area contributed by atoms with Crippen LogP contribution in [0.4, 0.5) is 0 Å². The van der Waals surface area contributed by atoms with Gasteiger partial charge in [-0.25, -0.2) is 12.7 Å². The van der Waals surface area contributed by atoms with Crippen molar-refractivity contribution in [3.63, 3.8) is 0 Å². The molecular formula is C20H24N4O5S2. The number of benzene rings is 1. The highest BCUT2D eigenvalue weighted by Gasteiger charge is 2.29. The quantitative estimate of drug-likeness (QED) is 0.648. The second kappa shape index (κ2) is 9.58. The molecule has 1 atom stereocenters. The first-order valence-electron chi connectivity index (χ1n) is 9.65. The molecule has 3 amide bonds. The molecule has 2 heterocycles. The number of hydrogen-bond acceptors (Lipinski definition) is 6. The van der Waals surface area contributed by atoms with Gasteiger partial charge in [-0.15, -0.1) is 11.3 Å². The average molecular weight is 465 g/mol. The Balaban J connectivity index is 1.59. The van der Waals surface area contributed by atoms with Gasteiger partial charge in [0.15, 0.2) is 0 Å². The number of nitrogens with one attached hydrogen (secondary N) is 2. The second-order valence-corrected chi connectivity index (χ2v) is 10.4. The van der Waals surface area contributed by atoms with E-state index in [-0.39, 0.29) is 22.9 Å². The van der Waals surface area contributed by atoms with Gasteiger partial charge in [0, 0.05) is 32.7 Å². The molecule has 1 aliphatic heterocycles. The molecular weight excluding hydrogens is 440 g/mol. The topological polar surface area (TPSA) is 116 Å². The Morgan fingerprint density at radius 3 is 2.58 bits per heavy atom. The molecule has 2 aromatic rings. The number of piperidine rings is 1. The van der Waals surface area contributed by atoms with Gasteiger partial charge in [-0.05, 0) is 42.5 Å². The number of carbonyl (C=O) groups is 3. The highest BCUT2D eigenvalue weighted by molar-refractivity contribution is 7.89. The molecule has 0 radical (unpaired) electrons. The summed E-state index contributed by atoms with van der Waals surface area (Å²) < 4.78 is 25.5. The molecule has 0 bridgehead atoms. The zero-order valence-electron chi connectivity index (χ0n) is 17.2. The molecule has 0 spiro atoms. The van der Waals surface area contributed by atoms with Crippen molar-refractivity contribution in [2.24, 2.45) is 5.92 Å². The molecule has 3 rings (SSSR count). The van der Waals surface area contributed by atoms with E-state index < -0.39 is 27.8 Å². The van der Waals surface area contributed by atoms with Crippen LogP contribution in [0.25, 0.3) is 0 Å². The average Bonchev–Trinajstić information content (AvgIpc) is 3.31. The van der Waals surface area contributed by atoms with Crippen LogP contribution >= 0.6 is 11.3 Å². The number of likely N-dealkylation sites (tertiary alicyclic amines) is 1. The maximum atomic E-state index is 12.5. The van der Waals surface area contributed by atoms with Gasteiger partial charge in [0.2, 0.25) is 15.9 Å². The third-order valence-corrected chi connectivity index (χ3v) is 7.65.